The topological polar surface area (TPSA) is 157 Å². The van der Waals surface area contributed by atoms with Gasteiger partial charge in [0.2, 0.25) is 0 Å². The van der Waals surface area contributed by atoms with Crippen molar-refractivity contribution in [3.63, 3.8) is 0 Å². The summed E-state index contributed by atoms with van der Waals surface area (Å²) in [4.78, 5) is 28.9. The Labute approximate surface area is 169 Å². The van der Waals surface area contributed by atoms with Crippen molar-refractivity contribution >= 4 is 35.2 Å². The van der Waals surface area contributed by atoms with Crippen LogP contribution in [-0.2, 0) is 0 Å². The van der Waals surface area contributed by atoms with Gasteiger partial charge in [-0.25, -0.2) is 0 Å². The van der Waals surface area contributed by atoms with Crippen LogP contribution >= 0.6 is 0 Å². The minimum absolute atomic E-state index is 0.0310. The van der Waals surface area contributed by atoms with E-state index < -0.39 is 21.3 Å². The second kappa shape index (κ2) is 8.61. The summed E-state index contributed by atoms with van der Waals surface area (Å²) >= 11 is 0. The first-order chi connectivity index (χ1) is 14.3. The molecule has 0 atom stereocenters. The first-order valence-corrected chi connectivity index (χ1v) is 8.43. The van der Waals surface area contributed by atoms with Gasteiger partial charge < -0.3 is 10.2 Å². The lowest BCUT2D eigenvalue weighted by molar-refractivity contribution is -0.385. The smallest absolute Gasteiger partial charge is 0.270 e. The molecule has 0 fully saturated rings. The predicted molar refractivity (Wildman–Crippen MR) is 106 cm³/mol. The number of nitro groups is 2. The number of non-ortho nitro benzene ring substituents is 2. The minimum atomic E-state index is -0.616. The summed E-state index contributed by atoms with van der Waals surface area (Å²) < 4.78 is 0. The van der Waals surface area contributed by atoms with E-state index in [0.717, 1.165) is 36.4 Å². The Morgan fingerprint density at radius 2 is 1.07 bits per heavy atom. The third kappa shape index (κ3) is 4.62. The van der Waals surface area contributed by atoms with Crippen LogP contribution in [-0.4, -0.2) is 22.3 Å². The van der Waals surface area contributed by atoms with Gasteiger partial charge in [-0.15, -0.1) is 0 Å². The van der Waals surface area contributed by atoms with Crippen LogP contribution in [0.1, 0.15) is 11.1 Å². The summed E-state index contributed by atoms with van der Waals surface area (Å²) in [7, 11) is 0. The molecule has 30 heavy (non-hydrogen) atoms. The highest BCUT2D eigenvalue weighted by atomic mass is 16.6. The molecule has 10 heteroatoms. The zero-order valence-corrected chi connectivity index (χ0v) is 15.2. The second-order valence-electron chi connectivity index (χ2n) is 5.96. The standard InChI is InChI=1S/C20H14N4O6/c25-19-7-5-15(23(27)28)9-13(19)11-21-17-3-1-2-4-18(17)22-12-14-10-16(24(29)30)6-8-20(14)26/h1-12,25-26H/p-2. The maximum absolute atomic E-state index is 11.9. The van der Waals surface area contributed by atoms with Crippen LogP contribution in [0.5, 0.6) is 11.5 Å². The third-order valence-electron chi connectivity index (χ3n) is 3.98. The number of aliphatic imine (C=N–C) groups is 2. The highest BCUT2D eigenvalue weighted by Gasteiger charge is 2.07. The molecule has 10 nitrogen and oxygen atoms in total. The van der Waals surface area contributed by atoms with Gasteiger partial charge in [0.1, 0.15) is 0 Å². The van der Waals surface area contributed by atoms with E-state index in [9.17, 15) is 30.4 Å². The van der Waals surface area contributed by atoms with Gasteiger partial charge in [0.05, 0.1) is 21.2 Å². The van der Waals surface area contributed by atoms with Crippen LogP contribution in [0.15, 0.2) is 70.6 Å². The molecule has 0 aliphatic heterocycles. The number of nitrogens with zero attached hydrogens (tertiary/aromatic N) is 4. The maximum atomic E-state index is 11.9. The second-order valence-corrected chi connectivity index (χ2v) is 5.96. The fourth-order valence-electron chi connectivity index (χ4n) is 2.46. The average Bonchev–Trinajstić information content (AvgIpc) is 2.72. The summed E-state index contributed by atoms with van der Waals surface area (Å²) in [6.07, 6.45) is 2.38. The number of rotatable bonds is 6. The molecule has 0 unspecified atom stereocenters. The highest BCUT2D eigenvalue weighted by molar-refractivity contribution is 5.90. The van der Waals surface area contributed by atoms with Crippen LogP contribution in [0.4, 0.5) is 22.7 Å². The Kier molecular flexibility index (Phi) is 5.78. The molecule has 0 bridgehead atoms. The van der Waals surface area contributed by atoms with Crippen molar-refractivity contribution in [3.05, 3.63) is 92.0 Å². The molecule has 0 saturated carbocycles. The lowest BCUT2D eigenvalue weighted by atomic mass is 10.2. The van der Waals surface area contributed by atoms with Crippen LogP contribution < -0.4 is 10.2 Å². The molecular formula is C20H12N4O6-2. The fraction of sp³-hybridized carbons (Fsp3) is 0. The Morgan fingerprint density at radius 3 is 1.43 bits per heavy atom. The van der Waals surface area contributed by atoms with Gasteiger partial charge in [-0.1, -0.05) is 35.8 Å². The summed E-state index contributed by atoms with van der Waals surface area (Å²) in [6.45, 7) is 0. The van der Waals surface area contributed by atoms with Gasteiger partial charge in [0.15, 0.2) is 0 Å². The Bertz CT molecular complexity index is 1100. The number of hydrogen-bond acceptors (Lipinski definition) is 8. The van der Waals surface area contributed by atoms with E-state index in [-0.39, 0.29) is 22.5 Å². The van der Waals surface area contributed by atoms with Gasteiger partial charge in [0.25, 0.3) is 11.4 Å². The van der Waals surface area contributed by atoms with Gasteiger partial charge in [-0.05, 0) is 23.3 Å². The minimum Gasteiger partial charge on any atom is -0.872 e. The molecule has 0 aromatic heterocycles. The van der Waals surface area contributed by atoms with E-state index in [4.69, 9.17) is 0 Å². The summed E-state index contributed by atoms with van der Waals surface area (Å²) in [5.41, 5.74) is 0.245. The molecule has 0 amide bonds. The van der Waals surface area contributed by atoms with Gasteiger partial charge in [0, 0.05) is 36.7 Å². The predicted octanol–water partition coefficient (Wildman–Crippen LogP) is 3.15. The lowest BCUT2D eigenvalue weighted by Crippen LogP contribution is -1.98. The monoisotopic (exact) mass is 404 g/mol. The van der Waals surface area contributed by atoms with Gasteiger partial charge in [-0.3, -0.25) is 30.2 Å². The molecule has 3 aromatic rings. The van der Waals surface area contributed by atoms with Crippen molar-refractivity contribution in [3.8, 4) is 11.5 Å². The molecule has 0 aliphatic rings. The zero-order valence-electron chi connectivity index (χ0n) is 15.2. The van der Waals surface area contributed by atoms with E-state index in [1.807, 2.05) is 0 Å². The van der Waals surface area contributed by atoms with Crippen LogP contribution in [0.2, 0.25) is 0 Å². The number of para-hydroxylation sites is 2. The molecule has 150 valence electrons. The van der Waals surface area contributed by atoms with E-state index in [1.165, 1.54) is 12.4 Å². The molecule has 0 saturated heterocycles. The molecular weight excluding hydrogens is 392 g/mol. The number of benzene rings is 3. The van der Waals surface area contributed by atoms with E-state index in [1.54, 1.807) is 24.3 Å². The first kappa shape index (κ1) is 20.1. The molecule has 0 aliphatic carbocycles. The summed E-state index contributed by atoms with van der Waals surface area (Å²) in [6, 6.07) is 13.1. The largest absolute Gasteiger partial charge is 0.872 e. The van der Waals surface area contributed by atoms with Gasteiger partial charge in [-0.2, -0.15) is 0 Å². The quantitative estimate of drug-likeness (QED) is 0.349. The Balaban J connectivity index is 1.93. The van der Waals surface area contributed by atoms with E-state index in [2.05, 4.69) is 9.98 Å². The molecule has 3 rings (SSSR count). The Morgan fingerprint density at radius 1 is 0.667 bits per heavy atom. The van der Waals surface area contributed by atoms with Crippen molar-refractivity contribution in [1.82, 2.24) is 0 Å². The van der Waals surface area contributed by atoms with Crippen molar-refractivity contribution in [1.29, 1.82) is 0 Å². The number of nitro benzene ring substituents is 2. The molecule has 0 spiro atoms. The van der Waals surface area contributed by atoms with Crippen LogP contribution in [0, 0.1) is 20.2 Å². The SMILES string of the molecule is O=[N+]([O-])c1ccc([O-])c(C=Nc2ccccc2N=Cc2cc([N+](=O)[O-])ccc2[O-])c1. The van der Waals surface area contributed by atoms with Crippen molar-refractivity contribution in [2.24, 2.45) is 9.98 Å². The molecule has 0 heterocycles. The molecule has 0 N–H and O–H groups in total. The van der Waals surface area contributed by atoms with Crippen molar-refractivity contribution in [2.75, 3.05) is 0 Å². The lowest BCUT2D eigenvalue weighted by Gasteiger charge is -2.09. The summed E-state index contributed by atoms with van der Waals surface area (Å²) in [5.74, 6) is -0.865. The zero-order chi connectivity index (χ0) is 21.7. The Hall–Kier alpha value is -4.60. The molecule has 0 radical (unpaired) electrons. The normalized spacial score (nSPS) is 11.2. The number of hydrogen-bond donors (Lipinski definition) is 0. The van der Waals surface area contributed by atoms with Crippen LogP contribution in [0.25, 0.3) is 0 Å². The average molecular weight is 404 g/mol. The fourth-order valence-corrected chi connectivity index (χ4v) is 2.46. The van der Waals surface area contributed by atoms with E-state index in [0.29, 0.717) is 11.4 Å². The van der Waals surface area contributed by atoms with Crippen LogP contribution in [0.3, 0.4) is 0 Å². The van der Waals surface area contributed by atoms with Crippen molar-refractivity contribution in [2.45, 2.75) is 0 Å². The molecule has 3 aromatic carbocycles. The van der Waals surface area contributed by atoms with Gasteiger partial charge >= 0.3 is 0 Å². The van der Waals surface area contributed by atoms with Crippen molar-refractivity contribution < 1.29 is 20.1 Å². The first-order valence-electron chi connectivity index (χ1n) is 8.43. The highest BCUT2D eigenvalue weighted by Crippen LogP contribution is 2.29. The summed E-state index contributed by atoms with van der Waals surface area (Å²) in [5, 5.41) is 45.6. The maximum Gasteiger partial charge on any atom is 0.270 e. The van der Waals surface area contributed by atoms with E-state index >= 15 is 0 Å². The third-order valence-corrected chi connectivity index (χ3v) is 3.98.